The molecule has 1 fully saturated rings. The van der Waals surface area contributed by atoms with Gasteiger partial charge in [0.25, 0.3) is 0 Å². The molecule has 0 aliphatic carbocycles. The topological polar surface area (TPSA) is 123 Å². The highest BCUT2D eigenvalue weighted by Gasteiger charge is 2.38. The fourth-order valence-electron chi connectivity index (χ4n) is 2.32. The van der Waals surface area contributed by atoms with Crippen LogP contribution in [0.5, 0.6) is 0 Å². The number of carboxylic acids is 1. The molecule has 3 rings (SSSR count). The molecule has 0 saturated carbocycles. The molecule has 1 amide bonds. The smallest absolute Gasteiger partial charge is 0.475 e. The summed E-state index contributed by atoms with van der Waals surface area (Å²) in [7, 11) is 0. The molecule has 0 radical (unpaired) electrons. The van der Waals surface area contributed by atoms with Crippen LogP contribution < -0.4 is 11.5 Å². The number of carbonyl (C=O) groups is 2. The number of alkyl halides is 3. The lowest BCUT2D eigenvalue weighted by Crippen LogP contribution is -2.33. The maximum Gasteiger partial charge on any atom is 0.490 e. The van der Waals surface area contributed by atoms with E-state index in [0.717, 1.165) is 28.6 Å². The summed E-state index contributed by atoms with van der Waals surface area (Å²) in [5.74, 6) is -2.20. The van der Waals surface area contributed by atoms with Crippen LogP contribution in [0.4, 0.5) is 19.0 Å². The lowest BCUT2D eigenvalue weighted by Gasteiger charge is -2.15. The number of carbonyl (C=O) groups excluding carboxylic acids is 1. The van der Waals surface area contributed by atoms with E-state index in [0.29, 0.717) is 12.4 Å². The van der Waals surface area contributed by atoms with Crippen molar-refractivity contribution in [1.82, 2.24) is 9.88 Å². The molecular formula is C14H15F3N4O3S. The normalized spacial score (nSPS) is 17.5. The zero-order chi connectivity index (χ0) is 18.8. The first-order valence-corrected chi connectivity index (χ1v) is 7.94. The van der Waals surface area contributed by atoms with Crippen LogP contribution in [0, 0.1) is 0 Å². The van der Waals surface area contributed by atoms with E-state index < -0.39 is 12.1 Å². The van der Waals surface area contributed by atoms with Crippen molar-refractivity contribution in [3.63, 3.8) is 0 Å². The second kappa shape index (κ2) is 7.23. The first-order chi connectivity index (χ1) is 11.6. The third-order valence-corrected chi connectivity index (χ3v) is 4.53. The van der Waals surface area contributed by atoms with Crippen molar-refractivity contribution in [3.05, 3.63) is 23.2 Å². The van der Waals surface area contributed by atoms with Gasteiger partial charge in [-0.3, -0.25) is 4.79 Å². The number of nitrogens with zero attached hydrogens (tertiary/aromatic N) is 2. The molecule has 0 aromatic carbocycles. The lowest BCUT2D eigenvalue weighted by molar-refractivity contribution is -0.192. The van der Waals surface area contributed by atoms with Crippen LogP contribution in [0.1, 0.15) is 12.0 Å². The van der Waals surface area contributed by atoms with Gasteiger partial charge in [-0.15, -0.1) is 11.3 Å². The maximum absolute atomic E-state index is 11.8. The van der Waals surface area contributed by atoms with Gasteiger partial charge in [0.05, 0.1) is 6.04 Å². The Morgan fingerprint density at radius 3 is 2.64 bits per heavy atom. The fraction of sp³-hybridized carbons (Fsp3) is 0.357. The predicted molar refractivity (Wildman–Crippen MR) is 85.7 cm³/mol. The Balaban J connectivity index is 0.000000277. The third-order valence-electron chi connectivity index (χ3n) is 3.53. The standard InChI is InChI=1S/C12H14N4OS.C2HF3O2/c13-8-2-4-16(12(8)17)5-7-6-18-9-1-3-15-11(14)10(7)9;3-2(4,5)1(6)7/h1,3,6,8H,2,4-5,13H2,(H2,14,15);(H,6,7)/t8-;/m0./s1. The quantitative estimate of drug-likeness (QED) is 0.731. The van der Waals surface area contributed by atoms with Crippen molar-refractivity contribution in [3.8, 4) is 0 Å². The summed E-state index contributed by atoms with van der Waals surface area (Å²) in [6, 6.07) is 1.60. The Bertz CT molecular complexity index is 793. The highest BCUT2D eigenvalue weighted by atomic mass is 32.1. The summed E-state index contributed by atoms with van der Waals surface area (Å²) < 4.78 is 32.8. The van der Waals surface area contributed by atoms with E-state index in [1.54, 1.807) is 22.4 Å². The molecule has 136 valence electrons. The van der Waals surface area contributed by atoms with Gasteiger partial charge in [0.15, 0.2) is 0 Å². The second-order valence-electron chi connectivity index (χ2n) is 5.29. The van der Waals surface area contributed by atoms with E-state index in [-0.39, 0.29) is 11.9 Å². The van der Waals surface area contributed by atoms with E-state index in [2.05, 4.69) is 4.98 Å². The van der Waals surface area contributed by atoms with Gasteiger partial charge in [0, 0.05) is 29.4 Å². The van der Waals surface area contributed by atoms with E-state index in [1.807, 2.05) is 11.4 Å². The largest absolute Gasteiger partial charge is 0.490 e. The number of likely N-dealkylation sites (tertiary alicyclic amines) is 1. The van der Waals surface area contributed by atoms with Crippen LogP contribution in [0.2, 0.25) is 0 Å². The number of amides is 1. The summed E-state index contributed by atoms with van der Waals surface area (Å²) in [4.78, 5) is 26.6. The number of thiophene rings is 1. The number of hydrogen-bond donors (Lipinski definition) is 3. The Morgan fingerprint density at radius 1 is 1.48 bits per heavy atom. The first-order valence-electron chi connectivity index (χ1n) is 7.06. The van der Waals surface area contributed by atoms with Gasteiger partial charge < -0.3 is 21.5 Å². The minimum Gasteiger partial charge on any atom is -0.475 e. The minimum atomic E-state index is -5.08. The molecule has 1 aliphatic heterocycles. The van der Waals surface area contributed by atoms with Crippen molar-refractivity contribution < 1.29 is 27.9 Å². The molecule has 3 heterocycles. The summed E-state index contributed by atoms with van der Waals surface area (Å²) in [6.45, 7) is 1.29. The van der Waals surface area contributed by atoms with E-state index in [4.69, 9.17) is 21.4 Å². The molecule has 11 heteroatoms. The molecule has 0 spiro atoms. The van der Waals surface area contributed by atoms with Crippen molar-refractivity contribution >= 4 is 39.1 Å². The SMILES string of the molecule is Nc1nccc2scc(CN3CC[C@H](N)C3=O)c12.O=C(O)C(F)(F)F. The molecule has 2 aromatic rings. The van der Waals surface area contributed by atoms with Gasteiger partial charge >= 0.3 is 12.1 Å². The average molecular weight is 376 g/mol. The number of aliphatic carboxylic acids is 1. The number of carboxylic acid groups (broad SMARTS) is 1. The van der Waals surface area contributed by atoms with Gasteiger partial charge in [-0.1, -0.05) is 0 Å². The average Bonchev–Trinajstić information content (AvgIpc) is 3.07. The number of aromatic nitrogens is 1. The second-order valence-corrected chi connectivity index (χ2v) is 6.20. The Hall–Kier alpha value is -2.40. The third kappa shape index (κ3) is 4.37. The van der Waals surface area contributed by atoms with Crippen molar-refractivity contribution in [2.24, 2.45) is 5.73 Å². The number of rotatable bonds is 2. The summed E-state index contributed by atoms with van der Waals surface area (Å²) in [5.41, 5.74) is 12.7. The predicted octanol–water partition coefficient (Wildman–Crippen LogP) is 1.57. The summed E-state index contributed by atoms with van der Waals surface area (Å²) >= 11 is 1.62. The van der Waals surface area contributed by atoms with Gasteiger partial charge in [0.2, 0.25) is 5.91 Å². The van der Waals surface area contributed by atoms with Crippen LogP contribution in [0.3, 0.4) is 0 Å². The van der Waals surface area contributed by atoms with E-state index in [1.165, 1.54) is 0 Å². The number of hydrogen-bond acceptors (Lipinski definition) is 6. The molecule has 1 aliphatic rings. The van der Waals surface area contributed by atoms with Gasteiger partial charge in [0.1, 0.15) is 5.82 Å². The number of anilines is 1. The molecule has 25 heavy (non-hydrogen) atoms. The van der Waals surface area contributed by atoms with Crippen molar-refractivity contribution in [2.45, 2.75) is 25.2 Å². The molecule has 2 aromatic heterocycles. The number of nitrogen functional groups attached to an aromatic ring is 1. The molecule has 1 saturated heterocycles. The maximum atomic E-state index is 11.8. The van der Waals surface area contributed by atoms with E-state index >= 15 is 0 Å². The highest BCUT2D eigenvalue weighted by Crippen LogP contribution is 2.30. The molecule has 1 atom stereocenters. The zero-order valence-electron chi connectivity index (χ0n) is 12.8. The van der Waals surface area contributed by atoms with E-state index in [9.17, 15) is 18.0 Å². The monoisotopic (exact) mass is 376 g/mol. The summed E-state index contributed by atoms with van der Waals surface area (Å²) in [5, 5.41) is 10.1. The Labute approximate surface area is 144 Å². The van der Waals surface area contributed by atoms with Crippen LogP contribution >= 0.6 is 11.3 Å². The number of halogens is 3. The zero-order valence-corrected chi connectivity index (χ0v) is 13.6. The molecule has 0 bridgehead atoms. The highest BCUT2D eigenvalue weighted by molar-refractivity contribution is 7.17. The van der Waals surface area contributed by atoms with Gasteiger partial charge in [-0.2, -0.15) is 13.2 Å². The Morgan fingerprint density at radius 2 is 2.12 bits per heavy atom. The molecule has 7 nitrogen and oxygen atoms in total. The van der Waals surface area contributed by atoms with Crippen LogP contribution in [-0.2, 0) is 16.1 Å². The van der Waals surface area contributed by atoms with Crippen molar-refractivity contribution in [1.29, 1.82) is 0 Å². The van der Waals surface area contributed by atoms with Gasteiger partial charge in [-0.25, -0.2) is 9.78 Å². The van der Waals surface area contributed by atoms with Crippen LogP contribution in [0.25, 0.3) is 10.1 Å². The Kier molecular flexibility index (Phi) is 5.48. The van der Waals surface area contributed by atoms with Gasteiger partial charge in [-0.05, 0) is 23.4 Å². The molecular weight excluding hydrogens is 361 g/mol. The van der Waals surface area contributed by atoms with Crippen molar-refractivity contribution in [2.75, 3.05) is 12.3 Å². The first kappa shape index (κ1) is 18.9. The minimum absolute atomic E-state index is 0.0248. The fourth-order valence-corrected chi connectivity index (χ4v) is 3.27. The molecule has 0 unspecified atom stereocenters. The van der Waals surface area contributed by atoms with Crippen LogP contribution in [-0.4, -0.2) is 45.6 Å². The lowest BCUT2D eigenvalue weighted by atomic mass is 10.2. The summed E-state index contributed by atoms with van der Waals surface area (Å²) in [6.07, 6.45) is -2.65. The number of nitrogens with two attached hydrogens (primary N) is 2. The number of fused-ring (bicyclic) bond motifs is 1. The number of pyridine rings is 1. The van der Waals surface area contributed by atoms with Crippen LogP contribution in [0.15, 0.2) is 17.6 Å². The molecule has 5 N–H and O–H groups in total.